The largest absolute Gasteiger partial charge is 0.378 e. The van der Waals surface area contributed by atoms with Crippen LogP contribution in [0.4, 0.5) is 17.2 Å². The molecule has 0 unspecified atom stereocenters. The average molecular weight is 370 g/mol. The van der Waals surface area contributed by atoms with Crippen LogP contribution in [0.3, 0.4) is 0 Å². The van der Waals surface area contributed by atoms with Gasteiger partial charge in [0.25, 0.3) is 0 Å². The Morgan fingerprint density at radius 3 is 2.58 bits per heavy atom. The molecule has 1 aliphatic rings. The molecule has 1 fully saturated rings. The zero-order valence-corrected chi connectivity index (χ0v) is 15.3. The Labute approximate surface area is 157 Å². The molecule has 0 spiro atoms. The highest BCUT2D eigenvalue weighted by molar-refractivity contribution is 6.33. The monoisotopic (exact) mass is 369 g/mol. The van der Waals surface area contributed by atoms with Gasteiger partial charge in [0.05, 0.1) is 24.4 Å². The van der Waals surface area contributed by atoms with Crippen LogP contribution in [0.2, 0.25) is 5.02 Å². The predicted octanol–water partition coefficient (Wildman–Crippen LogP) is 3.72. The number of hydrogen-bond donors (Lipinski definition) is 1. The van der Waals surface area contributed by atoms with Crippen molar-refractivity contribution in [2.45, 2.75) is 0 Å². The average Bonchev–Trinajstić information content (AvgIpc) is 3.11. The quantitative estimate of drug-likeness (QED) is 0.759. The Hall–Kier alpha value is -2.57. The first-order chi connectivity index (χ1) is 12.7. The Kier molecular flexibility index (Phi) is 4.77. The van der Waals surface area contributed by atoms with E-state index < -0.39 is 0 Å². The number of aryl methyl sites for hydroxylation is 1. The van der Waals surface area contributed by atoms with Crippen molar-refractivity contribution in [3.63, 3.8) is 0 Å². The van der Waals surface area contributed by atoms with Crippen LogP contribution in [0.25, 0.3) is 11.1 Å². The van der Waals surface area contributed by atoms with Crippen LogP contribution in [0, 0.1) is 0 Å². The van der Waals surface area contributed by atoms with E-state index in [0.717, 1.165) is 48.9 Å². The molecule has 0 aliphatic carbocycles. The molecule has 1 aromatic carbocycles. The van der Waals surface area contributed by atoms with Crippen molar-refractivity contribution >= 4 is 28.8 Å². The second-order valence-corrected chi connectivity index (χ2v) is 6.63. The number of rotatable bonds is 4. The van der Waals surface area contributed by atoms with Crippen molar-refractivity contribution in [3.05, 3.63) is 53.9 Å². The van der Waals surface area contributed by atoms with E-state index in [1.807, 2.05) is 19.3 Å². The molecular formula is C19H20ClN5O. The lowest BCUT2D eigenvalue weighted by Crippen LogP contribution is -2.36. The third-order valence-corrected chi connectivity index (χ3v) is 4.69. The number of hydrogen-bond acceptors (Lipinski definition) is 5. The van der Waals surface area contributed by atoms with Crippen LogP contribution in [-0.2, 0) is 11.8 Å². The zero-order valence-electron chi connectivity index (χ0n) is 14.5. The highest BCUT2D eigenvalue weighted by Gasteiger charge is 2.11. The summed E-state index contributed by atoms with van der Waals surface area (Å²) in [5.41, 5.74) is 4.06. The van der Waals surface area contributed by atoms with E-state index in [2.05, 4.69) is 44.6 Å². The predicted molar refractivity (Wildman–Crippen MR) is 104 cm³/mol. The molecule has 0 saturated carbocycles. The van der Waals surface area contributed by atoms with Crippen molar-refractivity contribution in [2.75, 3.05) is 36.5 Å². The van der Waals surface area contributed by atoms with Gasteiger partial charge in [0.2, 0.25) is 0 Å². The van der Waals surface area contributed by atoms with E-state index in [9.17, 15) is 0 Å². The summed E-state index contributed by atoms with van der Waals surface area (Å²) in [5.74, 6) is 0.743. The molecule has 7 heteroatoms. The number of pyridine rings is 1. The summed E-state index contributed by atoms with van der Waals surface area (Å²) >= 11 is 6.31. The zero-order chi connectivity index (χ0) is 17.9. The van der Waals surface area contributed by atoms with Crippen molar-refractivity contribution in [1.82, 2.24) is 14.8 Å². The first-order valence-electron chi connectivity index (χ1n) is 8.53. The van der Waals surface area contributed by atoms with E-state index in [1.54, 1.807) is 17.1 Å². The third-order valence-electron chi connectivity index (χ3n) is 4.39. The molecule has 0 bridgehead atoms. The SMILES string of the molecule is Cn1cc(-c2cc(Nc3ccc(N4CCOCC4)cc3)ncc2Cl)cn1. The fourth-order valence-electron chi connectivity index (χ4n) is 3.01. The first kappa shape index (κ1) is 16.9. The van der Waals surface area contributed by atoms with E-state index in [1.165, 1.54) is 5.69 Å². The summed E-state index contributed by atoms with van der Waals surface area (Å²) in [5, 5.41) is 8.15. The molecular weight excluding hydrogens is 350 g/mol. The van der Waals surface area contributed by atoms with Crippen LogP contribution >= 0.6 is 11.6 Å². The molecule has 2 aromatic heterocycles. The highest BCUT2D eigenvalue weighted by atomic mass is 35.5. The summed E-state index contributed by atoms with van der Waals surface area (Å²) in [7, 11) is 1.88. The van der Waals surface area contributed by atoms with Gasteiger partial charge in [-0.15, -0.1) is 0 Å². The molecule has 0 radical (unpaired) electrons. The molecule has 1 aliphatic heterocycles. The second-order valence-electron chi connectivity index (χ2n) is 6.22. The smallest absolute Gasteiger partial charge is 0.131 e. The minimum atomic E-state index is 0.603. The van der Waals surface area contributed by atoms with Crippen molar-refractivity contribution in [1.29, 1.82) is 0 Å². The van der Waals surface area contributed by atoms with E-state index in [4.69, 9.17) is 16.3 Å². The van der Waals surface area contributed by atoms with Gasteiger partial charge in [-0.1, -0.05) is 11.6 Å². The minimum Gasteiger partial charge on any atom is -0.378 e. The van der Waals surface area contributed by atoms with Gasteiger partial charge in [0, 0.05) is 55.0 Å². The number of morpholine rings is 1. The Bertz CT molecular complexity index is 887. The summed E-state index contributed by atoms with van der Waals surface area (Å²) in [6, 6.07) is 10.3. The van der Waals surface area contributed by atoms with Crippen molar-refractivity contribution < 1.29 is 4.74 Å². The lowest BCUT2D eigenvalue weighted by molar-refractivity contribution is 0.122. The number of benzene rings is 1. The number of anilines is 3. The normalized spacial score (nSPS) is 14.5. The van der Waals surface area contributed by atoms with Gasteiger partial charge in [0.15, 0.2) is 0 Å². The van der Waals surface area contributed by atoms with Crippen LogP contribution in [0.1, 0.15) is 0 Å². The molecule has 1 N–H and O–H groups in total. The standard InChI is InChI=1S/C19H20ClN5O/c1-24-13-14(11-22-24)17-10-19(21-12-18(17)20)23-15-2-4-16(5-3-15)25-6-8-26-9-7-25/h2-5,10-13H,6-9H2,1H3,(H,21,23). The molecule has 6 nitrogen and oxygen atoms in total. The number of nitrogens with zero attached hydrogens (tertiary/aromatic N) is 4. The Morgan fingerprint density at radius 2 is 1.88 bits per heavy atom. The lowest BCUT2D eigenvalue weighted by Gasteiger charge is -2.28. The van der Waals surface area contributed by atoms with Gasteiger partial charge in [0.1, 0.15) is 5.82 Å². The maximum absolute atomic E-state index is 6.31. The molecule has 26 heavy (non-hydrogen) atoms. The summed E-state index contributed by atoms with van der Waals surface area (Å²) in [6.45, 7) is 3.43. The number of aromatic nitrogens is 3. The maximum Gasteiger partial charge on any atom is 0.131 e. The summed E-state index contributed by atoms with van der Waals surface area (Å²) < 4.78 is 7.16. The van der Waals surface area contributed by atoms with Crippen LogP contribution in [-0.4, -0.2) is 41.1 Å². The maximum atomic E-state index is 6.31. The molecule has 4 rings (SSSR count). The Balaban J connectivity index is 1.52. The van der Waals surface area contributed by atoms with E-state index in [0.29, 0.717) is 5.02 Å². The van der Waals surface area contributed by atoms with Gasteiger partial charge in [-0.25, -0.2) is 4.98 Å². The van der Waals surface area contributed by atoms with Gasteiger partial charge < -0.3 is 15.0 Å². The molecule has 0 amide bonds. The van der Waals surface area contributed by atoms with E-state index in [-0.39, 0.29) is 0 Å². The first-order valence-corrected chi connectivity index (χ1v) is 8.91. The molecule has 3 heterocycles. The highest BCUT2D eigenvalue weighted by Crippen LogP contribution is 2.30. The van der Waals surface area contributed by atoms with Gasteiger partial charge in [-0.3, -0.25) is 4.68 Å². The Morgan fingerprint density at radius 1 is 1.12 bits per heavy atom. The topological polar surface area (TPSA) is 55.2 Å². The summed E-state index contributed by atoms with van der Waals surface area (Å²) in [4.78, 5) is 6.71. The minimum absolute atomic E-state index is 0.603. The second kappa shape index (κ2) is 7.35. The fourth-order valence-corrected chi connectivity index (χ4v) is 3.23. The third kappa shape index (κ3) is 3.66. The van der Waals surface area contributed by atoms with Crippen LogP contribution < -0.4 is 10.2 Å². The van der Waals surface area contributed by atoms with Crippen LogP contribution in [0.15, 0.2) is 48.9 Å². The van der Waals surface area contributed by atoms with Crippen molar-refractivity contribution in [3.8, 4) is 11.1 Å². The molecule has 134 valence electrons. The summed E-state index contributed by atoms with van der Waals surface area (Å²) in [6.07, 6.45) is 5.39. The van der Waals surface area contributed by atoms with Crippen LogP contribution in [0.5, 0.6) is 0 Å². The van der Waals surface area contributed by atoms with Gasteiger partial charge in [-0.05, 0) is 30.3 Å². The van der Waals surface area contributed by atoms with Gasteiger partial charge >= 0.3 is 0 Å². The fraction of sp³-hybridized carbons (Fsp3) is 0.263. The van der Waals surface area contributed by atoms with E-state index >= 15 is 0 Å². The van der Waals surface area contributed by atoms with Gasteiger partial charge in [-0.2, -0.15) is 5.10 Å². The molecule has 1 saturated heterocycles. The number of ether oxygens (including phenoxy) is 1. The number of nitrogens with one attached hydrogen (secondary N) is 1. The lowest BCUT2D eigenvalue weighted by atomic mass is 10.1. The molecule has 0 atom stereocenters. The number of halogens is 1. The van der Waals surface area contributed by atoms with Crippen molar-refractivity contribution in [2.24, 2.45) is 7.05 Å². The molecule has 3 aromatic rings.